The third-order valence-electron chi connectivity index (χ3n) is 3.67. The molecule has 114 valence electrons. The van der Waals surface area contributed by atoms with Crippen LogP contribution in [0.2, 0.25) is 0 Å². The molecule has 21 heavy (non-hydrogen) atoms. The fraction of sp³-hybridized carbons (Fsp3) is 0.467. The van der Waals surface area contributed by atoms with Gasteiger partial charge in [-0.15, -0.1) is 0 Å². The maximum absolute atomic E-state index is 9.46. The monoisotopic (exact) mass is 291 g/mol. The van der Waals surface area contributed by atoms with Crippen molar-refractivity contribution in [1.82, 2.24) is 10.1 Å². The number of anilines is 1. The molecule has 0 fully saturated rings. The van der Waals surface area contributed by atoms with E-state index < -0.39 is 5.60 Å². The first-order chi connectivity index (χ1) is 10.1. The van der Waals surface area contributed by atoms with Gasteiger partial charge in [0.1, 0.15) is 11.4 Å². The van der Waals surface area contributed by atoms with E-state index in [1.807, 2.05) is 20.8 Å². The molecule has 0 radical (unpaired) electrons. The van der Waals surface area contributed by atoms with Crippen LogP contribution in [0.5, 0.6) is 5.75 Å². The largest absolute Gasteiger partial charge is 0.506 e. The molecule has 0 saturated heterocycles. The van der Waals surface area contributed by atoms with Crippen LogP contribution >= 0.6 is 0 Å². The summed E-state index contributed by atoms with van der Waals surface area (Å²) >= 11 is 0. The SMILES string of the molecule is CCOC(CC)(CC)c1noc(-c2ccc(O)c(N)c2)n1. The number of phenols is 1. The lowest BCUT2D eigenvalue weighted by molar-refractivity contribution is -0.0583. The number of nitrogen functional groups attached to an aromatic ring is 1. The smallest absolute Gasteiger partial charge is 0.258 e. The van der Waals surface area contributed by atoms with Crippen LogP contribution < -0.4 is 5.73 Å². The maximum Gasteiger partial charge on any atom is 0.258 e. The van der Waals surface area contributed by atoms with Crippen molar-refractivity contribution in [2.24, 2.45) is 0 Å². The van der Waals surface area contributed by atoms with Crippen LogP contribution in [0.3, 0.4) is 0 Å². The predicted molar refractivity (Wildman–Crippen MR) is 79.7 cm³/mol. The van der Waals surface area contributed by atoms with E-state index in [1.165, 1.54) is 6.07 Å². The van der Waals surface area contributed by atoms with Gasteiger partial charge >= 0.3 is 0 Å². The molecule has 3 N–H and O–H groups in total. The molecule has 0 aliphatic carbocycles. The number of phenolic OH excluding ortho intramolecular Hbond substituents is 1. The average Bonchev–Trinajstić information content (AvgIpc) is 2.98. The molecule has 1 aromatic carbocycles. The second-order valence-corrected chi connectivity index (χ2v) is 4.83. The summed E-state index contributed by atoms with van der Waals surface area (Å²) in [4.78, 5) is 4.44. The van der Waals surface area contributed by atoms with Crippen molar-refractivity contribution in [2.45, 2.75) is 39.2 Å². The second kappa shape index (κ2) is 6.13. The Balaban J connectivity index is 2.38. The predicted octanol–water partition coefficient (Wildman–Crippen LogP) is 3.08. The van der Waals surface area contributed by atoms with E-state index >= 15 is 0 Å². The van der Waals surface area contributed by atoms with Crippen molar-refractivity contribution in [3.05, 3.63) is 24.0 Å². The van der Waals surface area contributed by atoms with Gasteiger partial charge in [-0.1, -0.05) is 19.0 Å². The average molecular weight is 291 g/mol. The number of hydrogen-bond donors (Lipinski definition) is 2. The van der Waals surface area contributed by atoms with Gasteiger partial charge in [0, 0.05) is 12.2 Å². The minimum Gasteiger partial charge on any atom is -0.506 e. The lowest BCUT2D eigenvalue weighted by Crippen LogP contribution is -2.29. The standard InChI is InChI=1S/C15H21N3O3/c1-4-15(5-2,20-6-3)14-17-13(21-18-14)10-7-8-12(19)11(16)9-10/h7-9,19H,4-6,16H2,1-3H3. The topological polar surface area (TPSA) is 94.4 Å². The van der Waals surface area contributed by atoms with Crippen molar-refractivity contribution in [3.63, 3.8) is 0 Å². The van der Waals surface area contributed by atoms with Crippen molar-refractivity contribution in [1.29, 1.82) is 0 Å². The van der Waals surface area contributed by atoms with E-state index in [0.29, 0.717) is 23.9 Å². The molecule has 2 rings (SSSR count). The van der Waals surface area contributed by atoms with E-state index in [0.717, 1.165) is 12.8 Å². The van der Waals surface area contributed by atoms with Gasteiger partial charge in [0.05, 0.1) is 5.69 Å². The quantitative estimate of drug-likeness (QED) is 0.627. The normalized spacial score (nSPS) is 11.8. The Hall–Kier alpha value is -2.08. The van der Waals surface area contributed by atoms with Gasteiger partial charge in [0.15, 0.2) is 0 Å². The van der Waals surface area contributed by atoms with Gasteiger partial charge in [-0.25, -0.2) is 0 Å². The van der Waals surface area contributed by atoms with Crippen molar-refractivity contribution < 1.29 is 14.4 Å². The number of aromatic nitrogens is 2. The Morgan fingerprint density at radius 1 is 1.29 bits per heavy atom. The first-order valence-electron chi connectivity index (χ1n) is 7.13. The Kier molecular flexibility index (Phi) is 4.47. The Morgan fingerprint density at radius 3 is 2.57 bits per heavy atom. The Morgan fingerprint density at radius 2 is 2.00 bits per heavy atom. The zero-order valence-electron chi connectivity index (χ0n) is 12.6. The van der Waals surface area contributed by atoms with Gasteiger partial charge < -0.3 is 20.1 Å². The van der Waals surface area contributed by atoms with Gasteiger partial charge in [-0.2, -0.15) is 4.98 Å². The zero-order chi connectivity index (χ0) is 15.5. The molecule has 1 aromatic heterocycles. The van der Waals surface area contributed by atoms with Crippen LogP contribution in [0.4, 0.5) is 5.69 Å². The minimum atomic E-state index is -0.529. The fourth-order valence-corrected chi connectivity index (χ4v) is 2.32. The molecule has 0 saturated carbocycles. The number of aromatic hydroxyl groups is 1. The maximum atomic E-state index is 9.46. The Labute approximate surface area is 123 Å². The van der Waals surface area contributed by atoms with E-state index in [-0.39, 0.29) is 11.4 Å². The van der Waals surface area contributed by atoms with Crippen LogP contribution in [0, 0.1) is 0 Å². The summed E-state index contributed by atoms with van der Waals surface area (Å²) in [6.45, 7) is 6.60. The summed E-state index contributed by atoms with van der Waals surface area (Å²) < 4.78 is 11.2. The first-order valence-corrected chi connectivity index (χ1v) is 7.13. The minimum absolute atomic E-state index is 0.0317. The number of nitrogens with zero attached hydrogens (tertiary/aromatic N) is 2. The lowest BCUT2D eigenvalue weighted by atomic mass is 9.96. The van der Waals surface area contributed by atoms with Gasteiger partial charge in [0.2, 0.25) is 5.82 Å². The highest BCUT2D eigenvalue weighted by molar-refractivity contribution is 5.64. The highest BCUT2D eigenvalue weighted by Crippen LogP contribution is 2.33. The highest BCUT2D eigenvalue weighted by atomic mass is 16.5. The van der Waals surface area contributed by atoms with Crippen LogP contribution in [0.1, 0.15) is 39.4 Å². The molecule has 0 atom stereocenters. The molecular formula is C15H21N3O3. The molecule has 0 unspecified atom stereocenters. The van der Waals surface area contributed by atoms with Gasteiger partial charge in [-0.3, -0.25) is 0 Å². The number of ether oxygens (including phenoxy) is 1. The first kappa shape index (κ1) is 15.3. The van der Waals surface area contributed by atoms with Crippen molar-refractivity contribution in [3.8, 4) is 17.2 Å². The number of rotatable bonds is 6. The molecule has 0 amide bonds. The van der Waals surface area contributed by atoms with Crippen LogP contribution in [0.15, 0.2) is 22.7 Å². The van der Waals surface area contributed by atoms with E-state index in [4.69, 9.17) is 15.0 Å². The summed E-state index contributed by atoms with van der Waals surface area (Å²) in [6, 6.07) is 4.79. The summed E-state index contributed by atoms with van der Waals surface area (Å²) in [5, 5.41) is 13.5. The molecule has 1 heterocycles. The van der Waals surface area contributed by atoms with E-state index in [9.17, 15) is 5.11 Å². The fourth-order valence-electron chi connectivity index (χ4n) is 2.32. The third-order valence-corrected chi connectivity index (χ3v) is 3.67. The third kappa shape index (κ3) is 2.85. The molecule has 0 aliphatic heterocycles. The summed E-state index contributed by atoms with van der Waals surface area (Å²) in [5.41, 5.74) is 6.10. The molecule has 0 bridgehead atoms. The molecule has 0 aliphatic rings. The summed E-state index contributed by atoms with van der Waals surface area (Å²) in [6.07, 6.45) is 1.52. The lowest BCUT2D eigenvalue weighted by Gasteiger charge is -2.27. The number of nitrogens with two attached hydrogens (primary N) is 1. The molecule has 6 nitrogen and oxygen atoms in total. The highest BCUT2D eigenvalue weighted by Gasteiger charge is 2.34. The molecule has 2 aromatic rings. The van der Waals surface area contributed by atoms with Gasteiger partial charge in [-0.05, 0) is 38.0 Å². The summed E-state index contributed by atoms with van der Waals surface area (Å²) in [7, 11) is 0. The number of benzene rings is 1. The molecular weight excluding hydrogens is 270 g/mol. The van der Waals surface area contributed by atoms with Crippen LogP contribution in [0.25, 0.3) is 11.5 Å². The van der Waals surface area contributed by atoms with Gasteiger partial charge in [0.25, 0.3) is 5.89 Å². The second-order valence-electron chi connectivity index (χ2n) is 4.83. The molecule has 6 heteroatoms. The van der Waals surface area contributed by atoms with Crippen LogP contribution in [-0.4, -0.2) is 21.9 Å². The number of hydrogen-bond acceptors (Lipinski definition) is 6. The summed E-state index contributed by atoms with van der Waals surface area (Å²) in [5.74, 6) is 0.933. The van der Waals surface area contributed by atoms with Crippen LogP contribution in [-0.2, 0) is 10.3 Å². The van der Waals surface area contributed by atoms with Crippen molar-refractivity contribution >= 4 is 5.69 Å². The van der Waals surface area contributed by atoms with Crippen molar-refractivity contribution in [2.75, 3.05) is 12.3 Å². The van der Waals surface area contributed by atoms with E-state index in [2.05, 4.69) is 10.1 Å². The Bertz CT molecular complexity index is 606. The zero-order valence-corrected chi connectivity index (χ0v) is 12.6. The molecule has 0 spiro atoms. The van der Waals surface area contributed by atoms with E-state index in [1.54, 1.807) is 12.1 Å².